The van der Waals surface area contributed by atoms with Crippen molar-refractivity contribution in [2.45, 2.75) is 63.9 Å². The van der Waals surface area contributed by atoms with Gasteiger partial charge in [-0.05, 0) is 50.7 Å². The van der Waals surface area contributed by atoms with Gasteiger partial charge in [0, 0.05) is 36.2 Å². The van der Waals surface area contributed by atoms with Crippen LogP contribution in [0, 0.1) is 23.3 Å². The third kappa shape index (κ3) is 5.15. The van der Waals surface area contributed by atoms with E-state index in [0.717, 1.165) is 0 Å². The van der Waals surface area contributed by atoms with Crippen molar-refractivity contribution in [3.63, 3.8) is 0 Å². The Hall–Kier alpha value is -2.00. The topological polar surface area (TPSA) is 36.9 Å². The molecule has 2 aromatic rings. The maximum atomic E-state index is 15.0. The van der Waals surface area contributed by atoms with Crippen LogP contribution >= 0.6 is 0 Å². The Morgan fingerprint density at radius 3 is 1.38 bits per heavy atom. The lowest BCUT2D eigenvalue weighted by Gasteiger charge is -2.29. The zero-order valence-corrected chi connectivity index (χ0v) is 19.4. The molecule has 0 radical (unpaired) electrons. The lowest BCUT2D eigenvalue weighted by molar-refractivity contribution is -0.164. The summed E-state index contributed by atoms with van der Waals surface area (Å²) in [5.41, 5.74) is -0.303. The van der Waals surface area contributed by atoms with Crippen molar-refractivity contribution in [2.24, 2.45) is 0 Å². The molecule has 0 bridgehead atoms. The second-order valence-electron chi connectivity index (χ2n) is 8.65. The highest BCUT2D eigenvalue weighted by Gasteiger charge is 2.30. The third-order valence-electron chi connectivity index (χ3n) is 6.57. The van der Waals surface area contributed by atoms with E-state index in [1.165, 1.54) is 24.3 Å². The number of hydrogen-bond donors (Lipinski definition) is 0. The Morgan fingerprint density at radius 2 is 1.06 bits per heavy atom. The Morgan fingerprint density at radius 1 is 0.647 bits per heavy atom. The van der Waals surface area contributed by atoms with Crippen molar-refractivity contribution < 1.29 is 36.5 Å². The van der Waals surface area contributed by atoms with Crippen LogP contribution in [-0.2, 0) is 18.9 Å². The smallest absolute Gasteiger partial charge is 0.167 e. The molecule has 4 rings (SSSR count). The highest BCUT2D eigenvalue weighted by atomic mass is 19.2. The molecule has 0 N–H and O–H groups in total. The van der Waals surface area contributed by atoms with Crippen LogP contribution in [0.2, 0.25) is 0 Å². The molecule has 0 amide bonds. The van der Waals surface area contributed by atoms with Gasteiger partial charge in [-0.25, -0.2) is 17.6 Å². The largest absolute Gasteiger partial charge is 0.353 e. The number of hydrogen-bond acceptors (Lipinski definition) is 4. The molecule has 0 saturated carbocycles. The van der Waals surface area contributed by atoms with E-state index in [-0.39, 0.29) is 59.9 Å². The van der Waals surface area contributed by atoms with E-state index in [4.69, 9.17) is 18.9 Å². The van der Waals surface area contributed by atoms with Gasteiger partial charge in [0.15, 0.2) is 35.8 Å². The number of rotatable bonds is 7. The van der Waals surface area contributed by atoms with Crippen molar-refractivity contribution in [3.05, 3.63) is 58.7 Å². The van der Waals surface area contributed by atoms with Gasteiger partial charge in [0.1, 0.15) is 0 Å². The Kier molecular flexibility index (Phi) is 8.24. The Balaban J connectivity index is 1.53. The normalized spacial score (nSPS) is 25.5. The first-order valence-electron chi connectivity index (χ1n) is 11.9. The highest BCUT2D eigenvalue weighted by molar-refractivity contribution is 5.66. The van der Waals surface area contributed by atoms with E-state index in [9.17, 15) is 8.78 Å². The minimum Gasteiger partial charge on any atom is -0.353 e. The van der Waals surface area contributed by atoms with Crippen LogP contribution in [0.1, 0.15) is 62.5 Å². The van der Waals surface area contributed by atoms with Crippen LogP contribution in [0.4, 0.5) is 17.6 Å². The number of benzene rings is 2. The predicted octanol–water partition coefficient (Wildman–Crippen LogP) is 6.42. The van der Waals surface area contributed by atoms with Crippen LogP contribution < -0.4 is 0 Å². The molecular weight excluding hydrogens is 452 g/mol. The molecule has 34 heavy (non-hydrogen) atoms. The average molecular weight is 483 g/mol. The van der Waals surface area contributed by atoms with Gasteiger partial charge in [-0.3, -0.25) is 0 Å². The monoisotopic (exact) mass is 482 g/mol. The van der Waals surface area contributed by atoms with Crippen LogP contribution in [0.5, 0.6) is 0 Å². The van der Waals surface area contributed by atoms with E-state index in [2.05, 4.69) is 0 Å². The number of halogens is 4. The zero-order chi connectivity index (χ0) is 24.2. The first-order valence-corrected chi connectivity index (χ1v) is 11.9. The summed E-state index contributed by atoms with van der Waals surface area (Å²) < 4.78 is 82.0. The summed E-state index contributed by atoms with van der Waals surface area (Å²) in [5, 5.41) is 0. The van der Waals surface area contributed by atoms with Crippen molar-refractivity contribution in [1.29, 1.82) is 0 Å². The van der Waals surface area contributed by atoms with E-state index >= 15 is 8.78 Å². The lowest BCUT2D eigenvalue weighted by Crippen LogP contribution is -2.27. The van der Waals surface area contributed by atoms with Gasteiger partial charge in [0.05, 0.1) is 13.2 Å². The van der Waals surface area contributed by atoms with Gasteiger partial charge in [0.2, 0.25) is 0 Å². The van der Waals surface area contributed by atoms with Crippen LogP contribution in [0.15, 0.2) is 24.3 Å². The predicted molar refractivity (Wildman–Crippen MR) is 118 cm³/mol. The second kappa shape index (κ2) is 11.2. The van der Waals surface area contributed by atoms with Gasteiger partial charge in [0.25, 0.3) is 0 Å². The molecular formula is C26H30F4O4. The fourth-order valence-corrected chi connectivity index (χ4v) is 4.76. The average Bonchev–Trinajstić information content (AvgIpc) is 2.85. The number of ether oxygens (including phenoxy) is 4. The van der Waals surface area contributed by atoms with Crippen molar-refractivity contribution in [3.8, 4) is 11.1 Å². The van der Waals surface area contributed by atoms with E-state index < -0.39 is 23.3 Å². The van der Waals surface area contributed by atoms with Crippen LogP contribution in [0.25, 0.3) is 11.1 Å². The van der Waals surface area contributed by atoms with Gasteiger partial charge < -0.3 is 18.9 Å². The molecule has 2 saturated heterocycles. The van der Waals surface area contributed by atoms with Crippen LogP contribution in [0.3, 0.4) is 0 Å². The molecule has 4 atom stereocenters. The summed E-state index contributed by atoms with van der Waals surface area (Å²) in [6, 6.07) is 5.46. The third-order valence-corrected chi connectivity index (χ3v) is 6.57. The SMILES string of the molecule is CCOC1CCC(c2ccc(-c3ccc(C4CCC(OCC)OC4)c(F)c3F)c(F)c2F)CO1. The first kappa shape index (κ1) is 25.1. The van der Waals surface area contributed by atoms with Gasteiger partial charge in [-0.15, -0.1) is 0 Å². The molecule has 2 fully saturated rings. The van der Waals surface area contributed by atoms with E-state index in [0.29, 0.717) is 38.9 Å². The minimum absolute atomic E-state index is 0.164. The Bertz CT molecular complexity index is 904. The molecule has 2 aromatic carbocycles. The maximum absolute atomic E-state index is 15.0. The van der Waals surface area contributed by atoms with E-state index in [1.54, 1.807) is 0 Å². The second-order valence-corrected chi connectivity index (χ2v) is 8.65. The molecule has 0 aliphatic carbocycles. The summed E-state index contributed by atoms with van der Waals surface area (Å²) >= 11 is 0. The summed E-state index contributed by atoms with van der Waals surface area (Å²) in [7, 11) is 0. The summed E-state index contributed by atoms with van der Waals surface area (Å²) in [6.45, 7) is 5.14. The summed E-state index contributed by atoms with van der Waals surface area (Å²) in [4.78, 5) is 0. The summed E-state index contributed by atoms with van der Waals surface area (Å²) in [6.07, 6.45) is 1.60. The molecule has 8 heteroatoms. The molecule has 2 aliphatic rings. The fourth-order valence-electron chi connectivity index (χ4n) is 4.76. The van der Waals surface area contributed by atoms with Crippen molar-refractivity contribution >= 4 is 0 Å². The molecule has 186 valence electrons. The quantitative estimate of drug-likeness (QED) is 0.427. The molecule has 4 unspecified atom stereocenters. The van der Waals surface area contributed by atoms with Crippen molar-refractivity contribution in [1.82, 2.24) is 0 Å². The molecule has 4 nitrogen and oxygen atoms in total. The minimum atomic E-state index is -1.20. The van der Waals surface area contributed by atoms with E-state index in [1.807, 2.05) is 13.8 Å². The fraction of sp³-hybridized carbons (Fsp3) is 0.538. The Labute approximate surface area is 197 Å². The lowest BCUT2D eigenvalue weighted by atomic mass is 9.89. The van der Waals surface area contributed by atoms with Gasteiger partial charge in [-0.2, -0.15) is 0 Å². The summed E-state index contributed by atoms with van der Waals surface area (Å²) in [5.74, 6) is -5.20. The standard InChI is InChI=1S/C26H30F4O4/c1-3-31-21-11-5-15(13-33-21)17-7-9-19(25(29)23(17)27)20-10-8-18(24(28)26(20)30)16-6-12-22(32-4-2)34-14-16/h7-10,15-16,21-22H,3-6,11-14H2,1-2H3. The van der Waals surface area contributed by atoms with Gasteiger partial charge in [-0.1, -0.05) is 24.3 Å². The zero-order valence-electron chi connectivity index (χ0n) is 19.4. The van der Waals surface area contributed by atoms with Crippen molar-refractivity contribution in [2.75, 3.05) is 26.4 Å². The molecule has 0 aromatic heterocycles. The molecule has 2 heterocycles. The molecule has 2 aliphatic heterocycles. The first-order chi connectivity index (χ1) is 16.4. The molecule has 0 spiro atoms. The maximum Gasteiger partial charge on any atom is 0.167 e. The van der Waals surface area contributed by atoms with Crippen LogP contribution in [-0.4, -0.2) is 39.0 Å². The van der Waals surface area contributed by atoms with Gasteiger partial charge >= 0.3 is 0 Å². The highest BCUT2D eigenvalue weighted by Crippen LogP contribution is 2.38.